The standard InChI is InChI=1S/C15H16F6N4/c1-25(3-2-22)8-13-12(7-23-24-13)9-4-10(14(16,17)18)6-11(5-9)15(19,20)21/h4-7H,2-3,8,22H2,1H3,(H,23,24). The highest BCUT2D eigenvalue weighted by molar-refractivity contribution is 5.67. The number of rotatable bonds is 5. The Hall–Kier alpha value is -2.07. The molecule has 3 N–H and O–H groups in total. The molecule has 0 bridgehead atoms. The predicted molar refractivity (Wildman–Crippen MR) is 79.4 cm³/mol. The number of alkyl halides is 6. The van der Waals surface area contributed by atoms with Crippen LogP contribution in [0, 0.1) is 0 Å². The van der Waals surface area contributed by atoms with Crippen molar-refractivity contribution in [3.05, 3.63) is 41.2 Å². The van der Waals surface area contributed by atoms with Crippen LogP contribution in [0.15, 0.2) is 24.4 Å². The van der Waals surface area contributed by atoms with E-state index in [9.17, 15) is 26.3 Å². The Bertz CT molecular complexity index is 687. The summed E-state index contributed by atoms with van der Waals surface area (Å²) in [6, 6.07) is 1.48. The van der Waals surface area contributed by atoms with Gasteiger partial charge in [0, 0.05) is 25.2 Å². The summed E-state index contributed by atoms with van der Waals surface area (Å²) in [4.78, 5) is 1.77. The Morgan fingerprint density at radius 1 is 1.04 bits per heavy atom. The summed E-state index contributed by atoms with van der Waals surface area (Å²) in [5, 5.41) is 6.36. The second kappa shape index (κ2) is 7.04. The molecule has 0 atom stereocenters. The van der Waals surface area contributed by atoms with E-state index in [2.05, 4.69) is 10.2 Å². The molecule has 1 aromatic carbocycles. The number of nitrogens with two attached hydrogens (primary N) is 1. The Morgan fingerprint density at radius 3 is 2.08 bits per heavy atom. The van der Waals surface area contributed by atoms with Crippen LogP contribution in [0.1, 0.15) is 16.8 Å². The van der Waals surface area contributed by atoms with E-state index >= 15 is 0 Å². The molecule has 0 unspecified atom stereocenters. The van der Waals surface area contributed by atoms with E-state index in [0.717, 1.165) is 0 Å². The quantitative estimate of drug-likeness (QED) is 0.797. The number of aromatic nitrogens is 2. The zero-order chi connectivity index (χ0) is 18.8. The first-order chi connectivity index (χ1) is 11.5. The third kappa shape index (κ3) is 4.73. The molecule has 2 aromatic rings. The second-order valence-electron chi connectivity index (χ2n) is 5.58. The largest absolute Gasteiger partial charge is 0.416 e. The van der Waals surface area contributed by atoms with Gasteiger partial charge in [0.2, 0.25) is 0 Å². The van der Waals surface area contributed by atoms with Crippen LogP contribution in [0.3, 0.4) is 0 Å². The number of likely N-dealkylation sites (N-methyl/N-ethyl adjacent to an activating group) is 1. The molecule has 25 heavy (non-hydrogen) atoms. The van der Waals surface area contributed by atoms with E-state index in [0.29, 0.717) is 30.9 Å². The van der Waals surface area contributed by atoms with Gasteiger partial charge in [0.25, 0.3) is 0 Å². The molecule has 0 saturated heterocycles. The maximum Gasteiger partial charge on any atom is 0.416 e. The van der Waals surface area contributed by atoms with Crippen molar-refractivity contribution in [2.75, 3.05) is 20.1 Å². The minimum Gasteiger partial charge on any atom is -0.329 e. The van der Waals surface area contributed by atoms with Crippen molar-refractivity contribution < 1.29 is 26.3 Å². The number of H-pyrrole nitrogens is 1. The highest BCUT2D eigenvalue weighted by atomic mass is 19.4. The van der Waals surface area contributed by atoms with Gasteiger partial charge in [-0.1, -0.05) is 0 Å². The van der Waals surface area contributed by atoms with Crippen LogP contribution in [-0.2, 0) is 18.9 Å². The number of halogens is 6. The van der Waals surface area contributed by atoms with Crippen LogP contribution in [0.5, 0.6) is 0 Å². The molecular formula is C15H16F6N4. The monoisotopic (exact) mass is 366 g/mol. The zero-order valence-corrected chi connectivity index (χ0v) is 13.2. The molecule has 0 fully saturated rings. The second-order valence-corrected chi connectivity index (χ2v) is 5.58. The van der Waals surface area contributed by atoms with Gasteiger partial charge in [0.15, 0.2) is 0 Å². The summed E-state index contributed by atoms with van der Waals surface area (Å²) in [7, 11) is 1.73. The molecule has 0 spiro atoms. The average molecular weight is 366 g/mol. The van der Waals surface area contributed by atoms with Crippen molar-refractivity contribution in [1.82, 2.24) is 15.1 Å². The summed E-state index contributed by atoms with van der Waals surface area (Å²) < 4.78 is 77.9. The third-order valence-corrected chi connectivity index (χ3v) is 3.56. The Kier molecular flexibility index (Phi) is 5.43. The number of hydrogen-bond acceptors (Lipinski definition) is 3. The number of nitrogens with zero attached hydrogens (tertiary/aromatic N) is 2. The lowest BCUT2D eigenvalue weighted by Gasteiger charge is -2.17. The highest BCUT2D eigenvalue weighted by Crippen LogP contribution is 2.39. The van der Waals surface area contributed by atoms with E-state index < -0.39 is 23.5 Å². The fourth-order valence-corrected chi connectivity index (χ4v) is 2.36. The summed E-state index contributed by atoms with van der Waals surface area (Å²) in [5.74, 6) is 0. The fourth-order valence-electron chi connectivity index (χ4n) is 2.36. The molecule has 0 aliphatic heterocycles. The van der Waals surface area contributed by atoms with Crippen molar-refractivity contribution in [1.29, 1.82) is 0 Å². The summed E-state index contributed by atoms with van der Waals surface area (Å²) >= 11 is 0. The molecular weight excluding hydrogens is 350 g/mol. The Labute approximate surface area is 139 Å². The first kappa shape index (κ1) is 19.3. The van der Waals surface area contributed by atoms with Gasteiger partial charge in [-0.2, -0.15) is 31.4 Å². The Balaban J connectivity index is 2.51. The first-order valence-electron chi connectivity index (χ1n) is 7.23. The number of aromatic amines is 1. The zero-order valence-electron chi connectivity index (χ0n) is 13.2. The molecule has 1 heterocycles. The van der Waals surface area contributed by atoms with Crippen LogP contribution >= 0.6 is 0 Å². The van der Waals surface area contributed by atoms with Crippen molar-refractivity contribution in [2.24, 2.45) is 5.73 Å². The van der Waals surface area contributed by atoms with Gasteiger partial charge < -0.3 is 5.73 Å². The van der Waals surface area contributed by atoms with E-state index in [4.69, 9.17) is 5.73 Å². The molecule has 10 heteroatoms. The molecule has 4 nitrogen and oxygen atoms in total. The number of hydrogen-bond donors (Lipinski definition) is 2. The predicted octanol–water partition coefficient (Wildman–Crippen LogP) is 3.50. The normalized spacial score (nSPS) is 12.8. The maximum atomic E-state index is 13.0. The summed E-state index contributed by atoms with van der Waals surface area (Å²) in [6.45, 7) is 1.13. The van der Waals surface area contributed by atoms with E-state index in [1.165, 1.54) is 6.20 Å². The maximum absolute atomic E-state index is 13.0. The SMILES string of the molecule is CN(CCN)Cc1[nH]ncc1-c1cc(C(F)(F)F)cc(C(F)(F)F)c1. The van der Waals surface area contributed by atoms with E-state index in [-0.39, 0.29) is 23.7 Å². The Morgan fingerprint density at radius 2 is 1.60 bits per heavy atom. The van der Waals surface area contributed by atoms with Crippen molar-refractivity contribution in [3.8, 4) is 11.1 Å². The minimum atomic E-state index is -4.89. The fraction of sp³-hybridized carbons (Fsp3) is 0.400. The van der Waals surface area contributed by atoms with Gasteiger partial charge in [-0.15, -0.1) is 0 Å². The molecule has 2 rings (SSSR count). The van der Waals surface area contributed by atoms with E-state index in [1.54, 1.807) is 11.9 Å². The van der Waals surface area contributed by atoms with Gasteiger partial charge in [-0.3, -0.25) is 10.00 Å². The molecule has 1 aromatic heterocycles. The lowest BCUT2D eigenvalue weighted by atomic mass is 9.99. The highest BCUT2D eigenvalue weighted by Gasteiger charge is 2.37. The van der Waals surface area contributed by atoms with E-state index in [1.807, 2.05) is 0 Å². The lowest BCUT2D eigenvalue weighted by Crippen LogP contribution is -2.25. The van der Waals surface area contributed by atoms with Gasteiger partial charge >= 0.3 is 12.4 Å². The molecule has 0 saturated carbocycles. The smallest absolute Gasteiger partial charge is 0.329 e. The summed E-state index contributed by atoms with van der Waals surface area (Å²) in [6.07, 6.45) is -8.58. The number of nitrogens with one attached hydrogen (secondary N) is 1. The third-order valence-electron chi connectivity index (χ3n) is 3.56. The molecule has 0 aliphatic rings. The first-order valence-corrected chi connectivity index (χ1v) is 7.23. The minimum absolute atomic E-state index is 0.101. The van der Waals surface area contributed by atoms with Crippen LogP contribution in [0.2, 0.25) is 0 Å². The van der Waals surface area contributed by atoms with Crippen LogP contribution in [0.4, 0.5) is 26.3 Å². The van der Waals surface area contributed by atoms with Gasteiger partial charge in [0.05, 0.1) is 23.0 Å². The van der Waals surface area contributed by atoms with Crippen molar-refractivity contribution >= 4 is 0 Å². The van der Waals surface area contributed by atoms with Crippen LogP contribution in [0.25, 0.3) is 11.1 Å². The van der Waals surface area contributed by atoms with Crippen molar-refractivity contribution in [2.45, 2.75) is 18.9 Å². The number of benzene rings is 1. The molecule has 0 radical (unpaired) electrons. The molecule has 0 aliphatic carbocycles. The van der Waals surface area contributed by atoms with Gasteiger partial charge in [-0.05, 0) is 30.8 Å². The average Bonchev–Trinajstić information content (AvgIpc) is 2.93. The summed E-state index contributed by atoms with van der Waals surface area (Å²) in [5.41, 5.74) is 3.09. The van der Waals surface area contributed by atoms with Crippen LogP contribution < -0.4 is 5.73 Å². The van der Waals surface area contributed by atoms with Crippen molar-refractivity contribution in [3.63, 3.8) is 0 Å². The van der Waals surface area contributed by atoms with Crippen LogP contribution in [-0.4, -0.2) is 35.2 Å². The van der Waals surface area contributed by atoms with Gasteiger partial charge in [0.1, 0.15) is 0 Å². The molecule has 0 amide bonds. The lowest BCUT2D eigenvalue weighted by molar-refractivity contribution is -0.143. The molecule has 138 valence electrons. The van der Waals surface area contributed by atoms with Gasteiger partial charge in [-0.25, -0.2) is 0 Å². The topological polar surface area (TPSA) is 57.9 Å².